The molecule has 2 aromatic heterocycles. The zero-order valence-corrected chi connectivity index (χ0v) is 15.1. The summed E-state index contributed by atoms with van der Waals surface area (Å²) in [6, 6.07) is 6.15. The number of furan rings is 1. The van der Waals surface area contributed by atoms with Crippen molar-refractivity contribution >= 4 is 40.0 Å². The van der Waals surface area contributed by atoms with Crippen molar-refractivity contribution in [1.29, 1.82) is 0 Å². The van der Waals surface area contributed by atoms with Crippen molar-refractivity contribution in [2.24, 2.45) is 0 Å². The molecule has 1 aliphatic rings. The summed E-state index contributed by atoms with van der Waals surface area (Å²) in [7, 11) is 0. The Labute approximate surface area is 166 Å². The number of carbonyl (C=O) groups is 2. The average Bonchev–Trinajstić information content (AvgIpc) is 3.22. The molecule has 0 spiro atoms. The van der Waals surface area contributed by atoms with Gasteiger partial charge in [0.05, 0.1) is 16.0 Å². The molecule has 2 amide bonds. The molecule has 0 aliphatic carbocycles. The van der Waals surface area contributed by atoms with Crippen LogP contribution in [-0.4, -0.2) is 16.1 Å². The average molecular weight is 414 g/mol. The van der Waals surface area contributed by atoms with Crippen molar-refractivity contribution in [1.82, 2.24) is 10.3 Å². The van der Waals surface area contributed by atoms with Gasteiger partial charge in [-0.2, -0.15) is 13.2 Å². The first-order valence-corrected chi connectivity index (χ1v) is 8.93. The van der Waals surface area contributed by atoms with Crippen LogP contribution in [0.2, 0.25) is 0 Å². The molecule has 0 unspecified atom stereocenters. The predicted molar refractivity (Wildman–Crippen MR) is 101 cm³/mol. The summed E-state index contributed by atoms with van der Waals surface area (Å²) < 4.78 is 43.6. The molecule has 1 aliphatic heterocycles. The van der Waals surface area contributed by atoms with Crippen LogP contribution in [0.15, 0.2) is 52.0 Å². The largest absolute Gasteiger partial charge is 0.455 e. The number of thioether (sulfide) groups is 1. The van der Waals surface area contributed by atoms with E-state index in [9.17, 15) is 22.8 Å². The molecule has 5 nitrogen and oxygen atoms in total. The van der Waals surface area contributed by atoms with Crippen LogP contribution in [0.3, 0.4) is 0 Å². The van der Waals surface area contributed by atoms with E-state index in [1.807, 2.05) is 0 Å². The molecular weight excluding hydrogens is 405 g/mol. The van der Waals surface area contributed by atoms with Gasteiger partial charge in [-0.05, 0) is 42.1 Å². The van der Waals surface area contributed by atoms with Crippen LogP contribution in [0.4, 0.5) is 18.0 Å². The van der Waals surface area contributed by atoms with Crippen LogP contribution in [-0.2, 0) is 11.0 Å². The van der Waals surface area contributed by atoms with E-state index in [0.29, 0.717) is 27.9 Å². The van der Waals surface area contributed by atoms with Gasteiger partial charge >= 0.3 is 6.18 Å². The second-order valence-electron chi connectivity index (χ2n) is 5.93. The van der Waals surface area contributed by atoms with Crippen molar-refractivity contribution in [2.75, 3.05) is 0 Å². The summed E-state index contributed by atoms with van der Waals surface area (Å²) in [6.07, 6.45) is 0.0647. The Bertz CT molecular complexity index is 1230. The number of halogens is 3. The number of fused-ring (bicyclic) bond motifs is 1. The van der Waals surface area contributed by atoms with E-state index < -0.39 is 22.9 Å². The minimum absolute atomic E-state index is 0.208. The van der Waals surface area contributed by atoms with Crippen molar-refractivity contribution < 1.29 is 27.2 Å². The fourth-order valence-electron chi connectivity index (χ4n) is 2.57. The third-order valence-corrected chi connectivity index (χ3v) is 4.72. The Morgan fingerprint density at radius 1 is 1.10 bits per heavy atom. The van der Waals surface area contributed by atoms with Gasteiger partial charge < -0.3 is 4.42 Å². The molecule has 3 aromatic rings. The standard InChI is InChI=1S/C20H9F3N2O3S/c21-20(22,23)14-5-2-11(3-6-14)1-4-12-9-24-10-13-7-15(28-17(12)13)8-16-18(26)25-19(27)29-16/h2-3,5-10H,(H,25,26,27)/b16-8-. The lowest BCUT2D eigenvalue weighted by atomic mass is 10.1. The summed E-state index contributed by atoms with van der Waals surface area (Å²) in [5.74, 6) is 5.47. The van der Waals surface area contributed by atoms with Crippen LogP contribution in [0, 0.1) is 11.8 Å². The molecule has 0 saturated carbocycles. The Hall–Kier alpha value is -3.51. The second kappa shape index (κ2) is 7.14. The minimum Gasteiger partial charge on any atom is -0.455 e. The fraction of sp³-hybridized carbons (Fsp3) is 0.0500. The number of alkyl halides is 3. The van der Waals surface area contributed by atoms with Gasteiger partial charge in [-0.3, -0.25) is 19.9 Å². The van der Waals surface area contributed by atoms with Crippen molar-refractivity contribution in [3.8, 4) is 11.8 Å². The molecule has 4 rings (SSSR count). The number of imide groups is 1. The Morgan fingerprint density at radius 3 is 2.52 bits per heavy atom. The molecular formula is C20H9F3N2O3S. The SMILES string of the molecule is O=C1NC(=O)/C(=C/c2cc3cncc(C#Cc4ccc(C(F)(F)F)cc4)c3o2)S1. The quantitative estimate of drug-likeness (QED) is 0.467. The lowest BCUT2D eigenvalue weighted by molar-refractivity contribution is -0.137. The summed E-state index contributed by atoms with van der Waals surface area (Å²) >= 11 is 0.771. The van der Waals surface area contributed by atoms with E-state index in [1.165, 1.54) is 24.4 Å². The van der Waals surface area contributed by atoms with E-state index in [0.717, 1.165) is 23.9 Å². The van der Waals surface area contributed by atoms with Crippen LogP contribution in [0.25, 0.3) is 17.0 Å². The first kappa shape index (κ1) is 18.8. The predicted octanol–water partition coefficient (Wildman–Crippen LogP) is 4.57. The molecule has 1 fully saturated rings. The molecule has 144 valence electrons. The summed E-state index contributed by atoms with van der Waals surface area (Å²) in [5.41, 5.74) is 0.511. The van der Waals surface area contributed by atoms with Crippen LogP contribution in [0.1, 0.15) is 22.5 Å². The molecule has 29 heavy (non-hydrogen) atoms. The van der Waals surface area contributed by atoms with Crippen LogP contribution in [0.5, 0.6) is 0 Å². The van der Waals surface area contributed by atoms with Crippen molar-refractivity contribution in [3.05, 3.63) is 70.1 Å². The van der Waals surface area contributed by atoms with Gasteiger partial charge in [0, 0.05) is 29.4 Å². The number of amides is 2. The Morgan fingerprint density at radius 2 is 1.86 bits per heavy atom. The Kier molecular flexibility index (Phi) is 4.64. The van der Waals surface area contributed by atoms with Crippen LogP contribution < -0.4 is 5.32 Å². The maximum Gasteiger partial charge on any atom is 0.416 e. The number of aromatic nitrogens is 1. The molecule has 1 N–H and O–H groups in total. The van der Waals surface area contributed by atoms with E-state index in [1.54, 1.807) is 12.3 Å². The number of carbonyl (C=O) groups excluding carboxylic acids is 2. The summed E-state index contributed by atoms with van der Waals surface area (Å²) in [4.78, 5) is 27.2. The normalized spacial score (nSPS) is 15.5. The van der Waals surface area contributed by atoms with Gasteiger partial charge in [0.15, 0.2) is 5.58 Å². The highest BCUT2D eigenvalue weighted by Gasteiger charge is 2.29. The van der Waals surface area contributed by atoms with Gasteiger partial charge in [-0.15, -0.1) is 0 Å². The molecule has 0 atom stereocenters. The fourth-order valence-corrected chi connectivity index (χ4v) is 3.24. The summed E-state index contributed by atoms with van der Waals surface area (Å²) in [5, 5.41) is 2.33. The molecule has 0 bridgehead atoms. The van der Waals surface area contributed by atoms with Gasteiger partial charge in [-0.25, -0.2) is 0 Å². The van der Waals surface area contributed by atoms with Crippen LogP contribution >= 0.6 is 11.8 Å². The van der Waals surface area contributed by atoms with Gasteiger partial charge in [0.1, 0.15) is 5.76 Å². The highest BCUT2D eigenvalue weighted by molar-refractivity contribution is 8.18. The number of hydrogen-bond donors (Lipinski definition) is 1. The number of nitrogens with one attached hydrogen (secondary N) is 1. The third-order valence-electron chi connectivity index (χ3n) is 3.91. The monoisotopic (exact) mass is 414 g/mol. The molecule has 0 radical (unpaired) electrons. The van der Waals surface area contributed by atoms with E-state index in [2.05, 4.69) is 22.1 Å². The second-order valence-corrected chi connectivity index (χ2v) is 6.95. The zero-order chi connectivity index (χ0) is 20.6. The molecule has 1 aromatic carbocycles. The van der Waals surface area contributed by atoms with Crippen molar-refractivity contribution in [2.45, 2.75) is 6.18 Å². The first-order valence-electron chi connectivity index (χ1n) is 8.11. The maximum absolute atomic E-state index is 12.6. The lowest BCUT2D eigenvalue weighted by Crippen LogP contribution is -2.17. The topological polar surface area (TPSA) is 72.2 Å². The first-order chi connectivity index (χ1) is 13.8. The lowest BCUT2D eigenvalue weighted by Gasteiger charge is -2.05. The highest BCUT2D eigenvalue weighted by Crippen LogP contribution is 2.30. The number of pyridine rings is 1. The van der Waals surface area contributed by atoms with E-state index in [-0.39, 0.29) is 4.91 Å². The van der Waals surface area contributed by atoms with E-state index in [4.69, 9.17) is 4.42 Å². The van der Waals surface area contributed by atoms with Gasteiger partial charge in [0.2, 0.25) is 0 Å². The Balaban J connectivity index is 1.65. The number of benzene rings is 1. The smallest absolute Gasteiger partial charge is 0.416 e. The maximum atomic E-state index is 12.6. The van der Waals surface area contributed by atoms with Gasteiger partial charge in [-0.1, -0.05) is 11.8 Å². The minimum atomic E-state index is -4.40. The third kappa shape index (κ3) is 4.02. The van der Waals surface area contributed by atoms with Gasteiger partial charge in [0.25, 0.3) is 11.1 Å². The van der Waals surface area contributed by atoms with E-state index >= 15 is 0 Å². The highest BCUT2D eigenvalue weighted by atomic mass is 32.2. The summed E-state index contributed by atoms with van der Waals surface area (Å²) in [6.45, 7) is 0. The number of hydrogen-bond acceptors (Lipinski definition) is 5. The molecule has 1 saturated heterocycles. The zero-order valence-electron chi connectivity index (χ0n) is 14.3. The molecule has 9 heteroatoms. The van der Waals surface area contributed by atoms with Crippen molar-refractivity contribution in [3.63, 3.8) is 0 Å². The number of nitrogens with zero attached hydrogens (tertiary/aromatic N) is 1. The number of rotatable bonds is 1. The molecule has 3 heterocycles.